The molecule has 20 heavy (non-hydrogen) atoms. The van der Waals surface area contributed by atoms with Crippen LogP contribution in [0.5, 0.6) is 0 Å². The smallest absolute Gasteiger partial charge is 0.335 e. The summed E-state index contributed by atoms with van der Waals surface area (Å²) in [5.41, 5.74) is 0.839. The number of carbonyl (C=O) groups is 1. The van der Waals surface area contributed by atoms with Crippen LogP contribution in [0.3, 0.4) is 0 Å². The van der Waals surface area contributed by atoms with Gasteiger partial charge in [-0.2, -0.15) is 4.98 Å². The number of carboxylic acid groups (broad SMARTS) is 1. The molecule has 2 heterocycles. The second-order valence-corrected chi connectivity index (χ2v) is 4.76. The van der Waals surface area contributed by atoms with Crippen LogP contribution in [0.25, 0.3) is 11.4 Å². The van der Waals surface area contributed by atoms with Crippen molar-refractivity contribution in [2.75, 3.05) is 13.2 Å². The Hall–Kier alpha value is -2.21. The van der Waals surface area contributed by atoms with E-state index in [1.54, 1.807) is 12.1 Å². The average Bonchev–Trinajstić information content (AvgIpc) is 2.98. The summed E-state index contributed by atoms with van der Waals surface area (Å²) >= 11 is 0. The molecule has 6 nitrogen and oxygen atoms in total. The second kappa shape index (κ2) is 5.42. The first-order chi connectivity index (χ1) is 9.74. The first kappa shape index (κ1) is 12.8. The average molecular weight is 274 g/mol. The summed E-state index contributed by atoms with van der Waals surface area (Å²) in [6, 6.07) is 6.49. The fourth-order valence-corrected chi connectivity index (χ4v) is 2.25. The molecule has 1 aliphatic heterocycles. The molecular weight excluding hydrogens is 260 g/mol. The van der Waals surface area contributed by atoms with Crippen molar-refractivity contribution in [1.82, 2.24) is 10.1 Å². The van der Waals surface area contributed by atoms with Gasteiger partial charge in [0.25, 0.3) is 0 Å². The Bertz CT molecular complexity index is 617. The summed E-state index contributed by atoms with van der Waals surface area (Å²) in [6.45, 7) is 1.37. The molecule has 1 unspecified atom stereocenters. The highest BCUT2D eigenvalue weighted by molar-refractivity contribution is 5.89. The molecule has 1 saturated heterocycles. The normalized spacial score (nSPS) is 18.9. The van der Waals surface area contributed by atoms with Crippen molar-refractivity contribution in [1.29, 1.82) is 0 Å². The predicted molar refractivity (Wildman–Crippen MR) is 69.5 cm³/mol. The van der Waals surface area contributed by atoms with Crippen LogP contribution in [0.4, 0.5) is 0 Å². The molecule has 0 amide bonds. The van der Waals surface area contributed by atoms with Crippen molar-refractivity contribution in [3.8, 4) is 11.4 Å². The van der Waals surface area contributed by atoms with Crippen LogP contribution < -0.4 is 0 Å². The van der Waals surface area contributed by atoms with E-state index in [4.69, 9.17) is 14.4 Å². The monoisotopic (exact) mass is 274 g/mol. The van der Waals surface area contributed by atoms with Crippen LogP contribution in [0.1, 0.15) is 35.0 Å². The van der Waals surface area contributed by atoms with Crippen LogP contribution in [-0.4, -0.2) is 34.4 Å². The van der Waals surface area contributed by atoms with Gasteiger partial charge in [-0.25, -0.2) is 4.79 Å². The SMILES string of the molecule is O=C(O)c1cccc(-c2noc(C3CCCOC3)n2)c1. The Morgan fingerprint density at radius 3 is 3.05 bits per heavy atom. The fraction of sp³-hybridized carbons (Fsp3) is 0.357. The Kier molecular flexibility index (Phi) is 3.47. The van der Waals surface area contributed by atoms with Gasteiger partial charge in [-0.3, -0.25) is 0 Å². The molecule has 1 aromatic heterocycles. The van der Waals surface area contributed by atoms with Crippen LogP contribution >= 0.6 is 0 Å². The molecule has 0 spiro atoms. The Morgan fingerprint density at radius 1 is 1.40 bits per heavy atom. The lowest BCUT2D eigenvalue weighted by molar-refractivity contribution is 0.0695. The van der Waals surface area contributed by atoms with E-state index < -0.39 is 5.97 Å². The maximum atomic E-state index is 11.0. The third kappa shape index (κ3) is 2.55. The van der Waals surface area contributed by atoms with Gasteiger partial charge in [0.2, 0.25) is 11.7 Å². The first-order valence-corrected chi connectivity index (χ1v) is 6.49. The van der Waals surface area contributed by atoms with Crippen LogP contribution in [0.15, 0.2) is 28.8 Å². The minimum atomic E-state index is -0.976. The lowest BCUT2D eigenvalue weighted by Gasteiger charge is -2.17. The van der Waals surface area contributed by atoms with E-state index in [-0.39, 0.29) is 11.5 Å². The van der Waals surface area contributed by atoms with Crippen molar-refractivity contribution < 1.29 is 19.2 Å². The van der Waals surface area contributed by atoms with Gasteiger partial charge in [-0.05, 0) is 25.0 Å². The number of carboxylic acids is 1. The number of nitrogens with zero attached hydrogens (tertiary/aromatic N) is 2. The number of ether oxygens (including phenoxy) is 1. The molecule has 0 aliphatic carbocycles. The summed E-state index contributed by atoms with van der Waals surface area (Å²) in [5, 5.41) is 12.9. The summed E-state index contributed by atoms with van der Waals surface area (Å²) in [7, 11) is 0. The van der Waals surface area contributed by atoms with E-state index in [0.717, 1.165) is 19.4 Å². The van der Waals surface area contributed by atoms with Crippen molar-refractivity contribution in [2.24, 2.45) is 0 Å². The lowest BCUT2D eigenvalue weighted by Crippen LogP contribution is -2.15. The number of aromatic carboxylic acids is 1. The largest absolute Gasteiger partial charge is 0.478 e. The Balaban J connectivity index is 1.85. The summed E-state index contributed by atoms with van der Waals surface area (Å²) in [4.78, 5) is 15.3. The molecule has 1 N–H and O–H groups in total. The minimum absolute atomic E-state index is 0.132. The highest BCUT2D eigenvalue weighted by atomic mass is 16.5. The third-order valence-corrected chi connectivity index (χ3v) is 3.32. The predicted octanol–water partition coefficient (Wildman–Crippen LogP) is 2.33. The van der Waals surface area contributed by atoms with E-state index in [1.165, 1.54) is 12.1 Å². The first-order valence-electron chi connectivity index (χ1n) is 6.49. The van der Waals surface area contributed by atoms with Gasteiger partial charge >= 0.3 is 5.97 Å². The highest BCUT2D eigenvalue weighted by Gasteiger charge is 2.22. The zero-order valence-electron chi connectivity index (χ0n) is 10.8. The minimum Gasteiger partial charge on any atom is -0.478 e. The van der Waals surface area contributed by atoms with Gasteiger partial charge in [0.05, 0.1) is 18.1 Å². The maximum absolute atomic E-state index is 11.0. The molecule has 2 aromatic rings. The van der Waals surface area contributed by atoms with E-state index >= 15 is 0 Å². The number of hydrogen-bond acceptors (Lipinski definition) is 5. The van der Waals surface area contributed by atoms with Crippen molar-refractivity contribution in [3.63, 3.8) is 0 Å². The molecule has 1 aromatic carbocycles. The van der Waals surface area contributed by atoms with Gasteiger partial charge in [-0.15, -0.1) is 0 Å². The van der Waals surface area contributed by atoms with Crippen LogP contribution in [0.2, 0.25) is 0 Å². The molecule has 1 aliphatic rings. The van der Waals surface area contributed by atoms with E-state index in [1.807, 2.05) is 0 Å². The summed E-state index contributed by atoms with van der Waals surface area (Å²) in [5.74, 6) is 0.123. The fourth-order valence-electron chi connectivity index (χ4n) is 2.25. The summed E-state index contributed by atoms with van der Waals surface area (Å²) in [6.07, 6.45) is 1.95. The van der Waals surface area contributed by atoms with Gasteiger partial charge in [-0.1, -0.05) is 17.3 Å². The zero-order valence-corrected chi connectivity index (χ0v) is 10.8. The molecule has 1 fully saturated rings. The molecule has 6 heteroatoms. The third-order valence-electron chi connectivity index (χ3n) is 3.32. The van der Waals surface area contributed by atoms with Gasteiger partial charge in [0.15, 0.2) is 0 Å². The lowest BCUT2D eigenvalue weighted by atomic mass is 10.0. The van der Waals surface area contributed by atoms with Crippen molar-refractivity contribution in [2.45, 2.75) is 18.8 Å². The van der Waals surface area contributed by atoms with Gasteiger partial charge in [0, 0.05) is 12.2 Å². The molecule has 104 valence electrons. The standard InChI is InChI=1S/C14H14N2O4/c17-14(18)10-4-1-3-9(7-10)12-15-13(20-16-12)11-5-2-6-19-8-11/h1,3-4,7,11H,2,5-6,8H2,(H,17,18). The second-order valence-electron chi connectivity index (χ2n) is 4.76. The molecular formula is C14H14N2O4. The van der Waals surface area contributed by atoms with Gasteiger partial charge in [0.1, 0.15) is 0 Å². The number of benzene rings is 1. The van der Waals surface area contributed by atoms with E-state index in [9.17, 15) is 4.79 Å². The van der Waals surface area contributed by atoms with E-state index in [2.05, 4.69) is 10.1 Å². The molecule has 3 rings (SSSR count). The van der Waals surface area contributed by atoms with Crippen molar-refractivity contribution >= 4 is 5.97 Å². The topological polar surface area (TPSA) is 85.5 Å². The highest BCUT2D eigenvalue weighted by Crippen LogP contribution is 2.26. The quantitative estimate of drug-likeness (QED) is 0.924. The zero-order chi connectivity index (χ0) is 13.9. The Morgan fingerprint density at radius 2 is 2.30 bits per heavy atom. The van der Waals surface area contributed by atoms with Crippen molar-refractivity contribution in [3.05, 3.63) is 35.7 Å². The van der Waals surface area contributed by atoms with Crippen LogP contribution in [-0.2, 0) is 4.74 Å². The molecule has 0 bridgehead atoms. The van der Waals surface area contributed by atoms with Gasteiger partial charge < -0.3 is 14.4 Å². The molecule has 1 atom stereocenters. The summed E-state index contributed by atoms with van der Waals surface area (Å²) < 4.78 is 10.7. The number of hydrogen-bond donors (Lipinski definition) is 1. The number of rotatable bonds is 3. The van der Waals surface area contributed by atoms with Crippen LogP contribution in [0, 0.1) is 0 Å². The van der Waals surface area contributed by atoms with E-state index in [0.29, 0.717) is 23.9 Å². The molecule has 0 radical (unpaired) electrons. The maximum Gasteiger partial charge on any atom is 0.335 e. The Labute approximate surface area is 115 Å². The number of aromatic nitrogens is 2. The molecule has 0 saturated carbocycles.